The van der Waals surface area contributed by atoms with Gasteiger partial charge < -0.3 is 15.6 Å². The first-order chi connectivity index (χ1) is 8.70. The molecule has 1 amide bonds. The zero-order valence-electron chi connectivity index (χ0n) is 9.51. The van der Waals surface area contributed by atoms with Gasteiger partial charge in [0.05, 0.1) is 19.0 Å². The Morgan fingerprint density at radius 1 is 1.61 bits per heavy atom. The molecule has 0 bridgehead atoms. The topological polar surface area (TPSA) is 113 Å². The molecule has 3 aliphatic rings. The highest BCUT2D eigenvalue weighted by Crippen LogP contribution is 2.25. The number of aliphatic imine (C=N–C) groups is 3. The summed E-state index contributed by atoms with van der Waals surface area (Å²) in [6.45, 7) is -0.126. The maximum Gasteiger partial charge on any atom is 0.279 e. The molecule has 0 saturated carbocycles. The summed E-state index contributed by atoms with van der Waals surface area (Å²) in [5.41, 5.74) is 5.85. The Morgan fingerprint density at radius 3 is 3.17 bits per heavy atom. The minimum Gasteiger partial charge on any atom is -0.394 e. The Hall–Kier alpha value is -1.64. The van der Waals surface area contributed by atoms with Crippen molar-refractivity contribution in [2.45, 2.75) is 30.8 Å². The summed E-state index contributed by atoms with van der Waals surface area (Å²) in [5, 5.41) is 9.11. The molecule has 3 aliphatic heterocycles. The molecule has 1 unspecified atom stereocenters. The maximum atomic E-state index is 11.5. The number of hydrogen-bond donors (Lipinski definition) is 2. The Morgan fingerprint density at radius 2 is 2.44 bits per heavy atom. The average molecular weight is 251 g/mol. The summed E-state index contributed by atoms with van der Waals surface area (Å²) in [7, 11) is 0. The van der Waals surface area contributed by atoms with Crippen molar-refractivity contribution < 1.29 is 14.6 Å². The molecule has 4 atom stereocenters. The second kappa shape index (κ2) is 4.23. The SMILES string of the molecule is N[C@H]1C[C@H](N2C=NC3C(=O)N=CN=C32)O[C@@H]1CO. The molecule has 1 saturated heterocycles. The molecule has 0 aliphatic carbocycles. The fraction of sp³-hybridized carbons (Fsp3) is 0.600. The van der Waals surface area contributed by atoms with Gasteiger partial charge in [0.2, 0.25) is 0 Å². The fourth-order valence-corrected chi connectivity index (χ4v) is 2.25. The molecule has 18 heavy (non-hydrogen) atoms. The molecule has 3 heterocycles. The van der Waals surface area contributed by atoms with Gasteiger partial charge in [0.25, 0.3) is 5.91 Å². The van der Waals surface area contributed by atoms with Crippen molar-refractivity contribution in [3.05, 3.63) is 0 Å². The van der Waals surface area contributed by atoms with Crippen LogP contribution < -0.4 is 5.73 Å². The lowest BCUT2D eigenvalue weighted by Crippen LogP contribution is -2.43. The molecule has 0 aromatic carbocycles. The zero-order valence-corrected chi connectivity index (χ0v) is 9.51. The smallest absolute Gasteiger partial charge is 0.279 e. The van der Waals surface area contributed by atoms with E-state index in [1.807, 2.05) is 0 Å². The van der Waals surface area contributed by atoms with Crippen molar-refractivity contribution in [2.24, 2.45) is 20.7 Å². The lowest BCUT2D eigenvalue weighted by molar-refractivity contribution is -0.117. The van der Waals surface area contributed by atoms with Gasteiger partial charge in [0.1, 0.15) is 18.4 Å². The standard InChI is InChI=1S/C10H13N5O3/c11-5-1-7(18-6(5)2-16)15-4-14-8-9(15)12-3-13-10(8)17/h3-8,16H,1-2,11H2/t5-,6+,7+,8?/m0/s1. The van der Waals surface area contributed by atoms with Gasteiger partial charge in [-0.1, -0.05) is 0 Å². The van der Waals surface area contributed by atoms with E-state index in [1.165, 1.54) is 12.7 Å². The normalized spacial score (nSPS) is 38.2. The molecule has 8 nitrogen and oxygen atoms in total. The first kappa shape index (κ1) is 11.5. The largest absolute Gasteiger partial charge is 0.394 e. The van der Waals surface area contributed by atoms with E-state index in [0.717, 1.165) is 0 Å². The van der Waals surface area contributed by atoms with Crippen molar-refractivity contribution in [1.82, 2.24) is 4.90 Å². The highest BCUT2D eigenvalue weighted by atomic mass is 16.5. The number of aliphatic hydroxyl groups is 1. The van der Waals surface area contributed by atoms with Crippen LogP contribution in [0.25, 0.3) is 0 Å². The number of amides is 1. The van der Waals surface area contributed by atoms with Crippen LogP contribution in [0, 0.1) is 0 Å². The predicted molar refractivity (Wildman–Crippen MR) is 63.4 cm³/mol. The molecule has 96 valence electrons. The van der Waals surface area contributed by atoms with E-state index in [0.29, 0.717) is 12.3 Å². The predicted octanol–water partition coefficient (Wildman–Crippen LogP) is -1.90. The van der Waals surface area contributed by atoms with Gasteiger partial charge in [-0.25, -0.2) is 4.99 Å². The summed E-state index contributed by atoms with van der Waals surface area (Å²) >= 11 is 0. The first-order valence-electron chi connectivity index (χ1n) is 5.68. The Kier molecular flexibility index (Phi) is 2.69. The van der Waals surface area contributed by atoms with E-state index in [4.69, 9.17) is 15.6 Å². The summed E-state index contributed by atoms with van der Waals surface area (Å²) in [6.07, 6.45) is 2.55. The number of carbonyl (C=O) groups is 1. The van der Waals surface area contributed by atoms with Crippen LogP contribution in [-0.2, 0) is 9.53 Å². The van der Waals surface area contributed by atoms with Crippen LogP contribution >= 0.6 is 0 Å². The lowest BCUT2D eigenvalue weighted by atomic mass is 10.1. The second-order valence-corrected chi connectivity index (χ2v) is 4.36. The molecule has 0 radical (unpaired) electrons. The van der Waals surface area contributed by atoms with Crippen LogP contribution in [0.2, 0.25) is 0 Å². The quantitative estimate of drug-likeness (QED) is 0.595. The highest BCUT2D eigenvalue weighted by molar-refractivity contribution is 6.19. The highest BCUT2D eigenvalue weighted by Gasteiger charge is 2.42. The second-order valence-electron chi connectivity index (χ2n) is 4.36. The Labute approximate surface area is 103 Å². The monoisotopic (exact) mass is 251 g/mol. The van der Waals surface area contributed by atoms with Gasteiger partial charge in [-0.2, -0.15) is 4.99 Å². The lowest BCUT2D eigenvalue weighted by Gasteiger charge is -2.24. The van der Waals surface area contributed by atoms with E-state index in [1.54, 1.807) is 4.90 Å². The van der Waals surface area contributed by atoms with E-state index in [2.05, 4.69) is 15.0 Å². The average Bonchev–Trinajstić information content (AvgIpc) is 2.93. The summed E-state index contributed by atoms with van der Waals surface area (Å²) in [5.74, 6) is 0.172. The number of aliphatic hydroxyl groups excluding tert-OH is 1. The number of nitrogens with two attached hydrogens (primary N) is 1. The van der Waals surface area contributed by atoms with E-state index in [-0.39, 0.29) is 24.8 Å². The molecular weight excluding hydrogens is 238 g/mol. The van der Waals surface area contributed by atoms with Crippen LogP contribution in [0.15, 0.2) is 15.0 Å². The minimum atomic E-state index is -0.664. The van der Waals surface area contributed by atoms with Crippen molar-refractivity contribution in [3.8, 4) is 0 Å². The third-order valence-electron chi connectivity index (χ3n) is 3.23. The number of amidine groups is 1. The first-order valence-corrected chi connectivity index (χ1v) is 5.68. The number of fused-ring (bicyclic) bond motifs is 1. The molecule has 0 spiro atoms. The summed E-state index contributed by atoms with van der Waals surface area (Å²) < 4.78 is 5.61. The third-order valence-corrected chi connectivity index (χ3v) is 3.23. The van der Waals surface area contributed by atoms with Crippen LogP contribution in [0.3, 0.4) is 0 Å². The minimum absolute atomic E-state index is 0.126. The van der Waals surface area contributed by atoms with Crippen molar-refractivity contribution >= 4 is 24.4 Å². The molecular formula is C10H13N5O3. The number of ether oxygens (including phenoxy) is 1. The maximum absolute atomic E-state index is 11.5. The van der Waals surface area contributed by atoms with Gasteiger partial charge in [0, 0.05) is 12.5 Å². The zero-order chi connectivity index (χ0) is 12.7. The molecule has 1 fully saturated rings. The van der Waals surface area contributed by atoms with Crippen LogP contribution in [0.4, 0.5) is 0 Å². The molecule has 0 aromatic heterocycles. The fourth-order valence-electron chi connectivity index (χ4n) is 2.25. The van der Waals surface area contributed by atoms with E-state index < -0.39 is 12.1 Å². The molecule has 8 heteroatoms. The van der Waals surface area contributed by atoms with Gasteiger partial charge in [-0.05, 0) is 0 Å². The van der Waals surface area contributed by atoms with Crippen molar-refractivity contribution in [3.63, 3.8) is 0 Å². The van der Waals surface area contributed by atoms with Gasteiger partial charge in [-0.3, -0.25) is 14.7 Å². The van der Waals surface area contributed by atoms with E-state index in [9.17, 15) is 4.79 Å². The van der Waals surface area contributed by atoms with Crippen LogP contribution in [0.5, 0.6) is 0 Å². The van der Waals surface area contributed by atoms with Crippen molar-refractivity contribution in [2.75, 3.05) is 6.61 Å². The number of rotatable bonds is 2. The molecule has 0 aromatic rings. The number of nitrogens with zero attached hydrogens (tertiary/aromatic N) is 4. The summed E-state index contributed by atoms with van der Waals surface area (Å²) in [6, 6.07) is -0.899. The summed E-state index contributed by atoms with van der Waals surface area (Å²) in [4.78, 5) is 24.9. The van der Waals surface area contributed by atoms with Crippen LogP contribution in [0.1, 0.15) is 6.42 Å². The van der Waals surface area contributed by atoms with Gasteiger partial charge in [0.15, 0.2) is 6.04 Å². The van der Waals surface area contributed by atoms with Gasteiger partial charge in [-0.15, -0.1) is 0 Å². The third kappa shape index (κ3) is 1.65. The van der Waals surface area contributed by atoms with Gasteiger partial charge >= 0.3 is 0 Å². The Balaban J connectivity index is 1.79. The molecule has 3 rings (SSSR count). The van der Waals surface area contributed by atoms with E-state index >= 15 is 0 Å². The number of carbonyl (C=O) groups excluding carboxylic acids is 1. The number of hydrogen-bond acceptors (Lipinski definition) is 7. The van der Waals surface area contributed by atoms with Crippen molar-refractivity contribution in [1.29, 1.82) is 0 Å². The van der Waals surface area contributed by atoms with Crippen LogP contribution in [-0.4, -0.2) is 65.4 Å². The molecule has 3 N–H and O–H groups in total. The Bertz CT molecular complexity index is 460.